The molecule has 0 unspecified atom stereocenters. The van der Waals surface area contributed by atoms with Crippen LogP contribution in [0.15, 0.2) is 11.4 Å². The van der Waals surface area contributed by atoms with E-state index >= 15 is 0 Å². The molecule has 0 radical (unpaired) electrons. The van der Waals surface area contributed by atoms with Crippen LogP contribution in [0.4, 0.5) is 0 Å². The van der Waals surface area contributed by atoms with Crippen LogP contribution in [0.25, 0.3) is 11.1 Å². The average molecular weight is 234 g/mol. The Labute approximate surface area is 95.4 Å². The molecule has 0 spiro atoms. The summed E-state index contributed by atoms with van der Waals surface area (Å²) in [6, 6.07) is 0. The minimum absolute atomic E-state index is 0.0823. The van der Waals surface area contributed by atoms with Crippen molar-refractivity contribution in [3.63, 3.8) is 0 Å². The Bertz CT molecular complexity index is 695. The van der Waals surface area contributed by atoms with Gasteiger partial charge in [0.15, 0.2) is 17.0 Å². The molecule has 0 saturated heterocycles. The van der Waals surface area contributed by atoms with E-state index in [9.17, 15) is 9.59 Å². The van der Waals surface area contributed by atoms with Gasteiger partial charge in [-0.15, -0.1) is 0 Å². The predicted octanol–water partition coefficient (Wildman–Crippen LogP) is 0.457. The number of aromatic carboxylic acids is 1. The van der Waals surface area contributed by atoms with E-state index < -0.39 is 11.5 Å². The number of nitrogens with zero attached hydrogens (tertiary/aromatic N) is 3. The zero-order valence-electron chi connectivity index (χ0n) is 9.31. The maximum atomic E-state index is 11.7. The second-order valence-electron chi connectivity index (χ2n) is 3.67. The Kier molecular flexibility index (Phi) is 2.31. The van der Waals surface area contributed by atoms with Crippen LogP contribution in [0.5, 0.6) is 0 Å². The minimum Gasteiger partial charge on any atom is -0.476 e. The second kappa shape index (κ2) is 3.55. The predicted molar refractivity (Wildman–Crippen MR) is 60.0 cm³/mol. The maximum Gasteiger partial charge on any atom is 0.357 e. The SMILES string of the molecule is C=C(C)c1nc(C(=O)O)c2c(=O)[nH]c(C)nn12. The Morgan fingerprint density at radius 1 is 1.53 bits per heavy atom. The number of H-pyrrole nitrogens is 1. The lowest BCUT2D eigenvalue weighted by Gasteiger charge is -1.99. The van der Waals surface area contributed by atoms with Gasteiger partial charge in [0.05, 0.1) is 0 Å². The molecule has 2 heterocycles. The van der Waals surface area contributed by atoms with Crippen LogP contribution in [0, 0.1) is 6.92 Å². The van der Waals surface area contributed by atoms with E-state index in [0.717, 1.165) is 0 Å². The van der Waals surface area contributed by atoms with Gasteiger partial charge in [-0.05, 0) is 19.4 Å². The molecule has 0 amide bonds. The van der Waals surface area contributed by atoms with Crippen molar-refractivity contribution in [2.75, 3.05) is 0 Å². The second-order valence-corrected chi connectivity index (χ2v) is 3.67. The molecule has 2 aromatic heterocycles. The van der Waals surface area contributed by atoms with Crippen LogP contribution in [-0.4, -0.2) is 30.7 Å². The van der Waals surface area contributed by atoms with E-state index in [1.807, 2.05) is 0 Å². The summed E-state index contributed by atoms with van der Waals surface area (Å²) in [6.45, 7) is 6.94. The molecule has 2 N–H and O–H groups in total. The molecule has 0 fully saturated rings. The average Bonchev–Trinajstić information content (AvgIpc) is 2.56. The summed E-state index contributed by atoms with van der Waals surface area (Å²) >= 11 is 0. The summed E-state index contributed by atoms with van der Waals surface area (Å²) < 4.78 is 1.21. The first-order valence-corrected chi connectivity index (χ1v) is 4.80. The van der Waals surface area contributed by atoms with Crippen molar-refractivity contribution in [1.82, 2.24) is 19.6 Å². The molecule has 0 aromatic carbocycles. The highest BCUT2D eigenvalue weighted by atomic mass is 16.4. The molecule has 17 heavy (non-hydrogen) atoms. The third-order valence-electron chi connectivity index (χ3n) is 2.20. The number of carboxylic acids is 1. The summed E-state index contributed by atoms with van der Waals surface area (Å²) in [6.07, 6.45) is 0. The van der Waals surface area contributed by atoms with Gasteiger partial charge in [-0.1, -0.05) is 6.58 Å². The van der Waals surface area contributed by atoms with Gasteiger partial charge in [-0.2, -0.15) is 5.10 Å². The summed E-state index contributed by atoms with van der Waals surface area (Å²) in [5, 5.41) is 13.0. The smallest absolute Gasteiger partial charge is 0.357 e. The highest BCUT2D eigenvalue weighted by molar-refractivity contribution is 5.94. The molecule has 0 atom stereocenters. The van der Waals surface area contributed by atoms with Gasteiger partial charge in [0.1, 0.15) is 5.82 Å². The molecule has 0 aliphatic heterocycles. The fourth-order valence-corrected chi connectivity index (χ4v) is 1.54. The number of hydrogen-bond acceptors (Lipinski definition) is 4. The van der Waals surface area contributed by atoms with Crippen molar-refractivity contribution >= 4 is 17.1 Å². The van der Waals surface area contributed by atoms with Crippen molar-refractivity contribution < 1.29 is 9.90 Å². The van der Waals surface area contributed by atoms with Gasteiger partial charge in [-0.3, -0.25) is 4.79 Å². The van der Waals surface area contributed by atoms with Gasteiger partial charge >= 0.3 is 5.97 Å². The molecule has 7 nitrogen and oxygen atoms in total. The van der Waals surface area contributed by atoms with Crippen molar-refractivity contribution in [1.29, 1.82) is 0 Å². The molecular formula is C10H10N4O3. The van der Waals surface area contributed by atoms with E-state index in [2.05, 4.69) is 21.6 Å². The minimum atomic E-state index is -1.27. The van der Waals surface area contributed by atoms with Crippen LogP contribution in [-0.2, 0) is 0 Å². The van der Waals surface area contributed by atoms with Crippen molar-refractivity contribution in [3.05, 3.63) is 34.3 Å². The van der Waals surface area contributed by atoms with Crippen molar-refractivity contribution in [2.45, 2.75) is 13.8 Å². The molecule has 2 rings (SSSR count). The topological polar surface area (TPSA) is 100 Å². The molecular weight excluding hydrogens is 224 g/mol. The van der Waals surface area contributed by atoms with Gasteiger partial charge < -0.3 is 10.1 Å². The van der Waals surface area contributed by atoms with Crippen LogP contribution >= 0.6 is 0 Å². The van der Waals surface area contributed by atoms with E-state index in [-0.39, 0.29) is 17.0 Å². The third-order valence-corrected chi connectivity index (χ3v) is 2.20. The lowest BCUT2D eigenvalue weighted by molar-refractivity contribution is 0.0693. The van der Waals surface area contributed by atoms with Crippen LogP contribution in [0.1, 0.15) is 29.1 Å². The number of hydrogen-bond donors (Lipinski definition) is 2. The molecule has 88 valence electrons. The maximum absolute atomic E-state index is 11.7. The quantitative estimate of drug-likeness (QED) is 0.786. The molecule has 0 aliphatic rings. The summed E-state index contributed by atoms with van der Waals surface area (Å²) in [4.78, 5) is 29.0. The van der Waals surface area contributed by atoms with E-state index in [0.29, 0.717) is 11.4 Å². The summed E-state index contributed by atoms with van der Waals surface area (Å²) in [5.74, 6) is -0.628. The molecule has 2 aromatic rings. The van der Waals surface area contributed by atoms with Crippen molar-refractivity contribution in [3.8, 4) is 0 Å². The molecule has 0 aliphatic carbocycles. The lowest BCUT2D eigenvalue weighted by atomic mass is 10.3. The summed E-state index contributed by atoms with van der Waals surface area (Å²) in [7, 11) is 0. The summed E-state index contributed by atoms with van der Waals surface area (Å²) in [5.41, 5.74) is -0.405. The zero-order chi connectivity index (χ0) is 12.7. The van der Waals surface area contributed by atoms with E-state index in [1.165, 1.54) is 4.52 Å². The first-order valence-electron chi connectivity index (χ1n) is 4.80. The van der Waals surface area contributed by atoms with E-state index in [1.54, 1.807) is 13.8 Å². The van der Waals surface area contributed by atoms with Crippen LogP contribution in [0.2, 0.25) is 0 Å². The fourth-order valence-electron chi connectivity index (χ4n) is 1.54. The number of rotatable bonds is 2. The number of nitrogens with one attached hydrogen (secondary N) is 1. The Morgan fingerprint density at radius 2 is 2.18 bits per heavy atom. The number of carbonyl (C=O) groups is 1. The number of imidazole rings is 1. The monoisotopic (exact) mass is 234 g/mol. The highest BCUT2D eigenvalue weighted by Crippen LogP contribution is 2.14. The van der Waals surface area contributed by atoms with Crippen molar-refractivity contribution in [2.24, 2.45) is 0 Å². The Balaban J connectivity index is 3.01. The fraction of sp³-hybridized carbons (Fsp3) is 0.200. The molecule has 0 bridgehead atoms. The molecule has 0 saturated carbocycles. The normalized spacial score (nSPS) is 10.7. The van der Waals surface area contributed by atoms with Gasteiger partial charge in [-0.25, -0.2) is 14.3 Å². The van der Waals surface area contributed by atoms with Gasteiger partial charge in [0.2, 0.25) is 0 Å². The third kappa shape index (κ3) is 1.61. The standard InChI is InChI=1S/C10H10N4O3/c1-4(2)8-12-6(10(16)17)7-9(15)11-5(3)13-14(7)8/h1H2,2-3H3,(H,16,17)(H,11,13,15). The first-order chi connectivity index (χ1) is 7.91. The van der Waals surface area contributed by atoms with E-state index in [4.69, 9.17) is 5.11 Å². The largest absolute Gasteiger partial charge is 0.476 e. The number of aromatic amines is 1. The highest BCUT2D eigenvalue weighted by Gasteiger charge is 2.21. The van der Waals surface area contributed by atoms with Crippen LogP contribution in [0.3, 0.4) is 0 Å². The number of carboxylic acid groups (broad SMARTS) is 1. The number of allylic oxidation sites excluding steroid dienone is 1. The zero-order valence-corrected chi connectivity index (χ0v) is 9.31. The Hall–Kier alpha value is -2.44. The van der Waals surface area contributed by atoms with Gasteiger partial charge in [0, 0.05) is 0 Å². The number of aromatic nitrogens is 4. The van der Waals surface area contributed by atoms with Gasteiger partial charge in [0.25, 0.3) is 5.56 Å². The number of aryl methyl sites for hydroxylation is 1. The first kappa shape index (κ1) is 11.1. The Morgan fingerprint density at radius 3 is 2.71 bits per heavy atom. The number of fused-ring (bicyclic) bond motifs is 1. The molecule has 7 heteroatoms. The van der Waals surface area contributed by atoms with Crippen LogP contribution < -0.4 is 5.56 Å². The lowest BCUT2D eigenvalue weighted by Crippen LogP contribution is -2.16.